The summed E-state index contributed by atoms with van der Waals surface area (Å²) in [5.41, 5.74) is 1.77. The molecule has 0 aromatic heterocycles. The molecule has 2 rings (SSSR count). The van der Waals surface area contributed by atoms with E-state index in [0.29, 0.717) is 0 Å². The fraction of sp³-hybridized carbons (Fsp3) is 0.562. The quantitative estimate of drug-likeness (QED) is 0.845. The van der Waals surface area contributed by atoms with Gasteiger partial charge in [-0.2, -0.15) is 0 Å². The van der Waals surface area contributed by atoms with Crippen molar-refractivity contribution in [3.05, 3.63) is 29.3 Å². The summed E-state index contributed by atoms with van der Waals surface area (Å²) in [6.07, 6.45) is 1.17. The Kier molecular flexibility index (Phi) is 5.01. The fourth-order valence-electron chi connectivity index (χ4n) is 2.63. The average Bonchev–Trinajstić information content (AvgIpc) is 2.48. The molecule has 0 spiro atoms. The van der Waals surface area contributed by atoms with Crippen LogP contribution in [-0.2, 0) is 0 Å². The molecular weight excluding hydrogens is 252 g/mol. The number of piperazine rings is 1. The summed E-state index contributed by atoms with van der Waals surface area (Å²) in [7, 11) is 1.64. The lowest BCUT2D eigenvalue weighted by atomic mass is 10.1. The topological polar surface area (TPSA) is 32.8 Å². The average molecular weight is 276 g/mol. The van der Waals surface area contributed by atoms with E-state index in [1.165, 1.54) is 6.42 Å². The van der Waals surface area contributed by atoms with Crippen molar-refractivity contribution in [3.63, 3.8) is 0 Å². The van der Waals surface area contributed by atoms with Gasteiger partial charge in [-0.05, 0) is 37.6 Å². The molecule has 4 heteroatoms. The van der Waals surface area contributed by atoms with Crippen LogP contribution in [0.4, 0.5) is 0 Å². The maximum Gasteiger partial charge on any atom is 0.254 e. The van der Waals surface area contributed by atoms with Crippen molar-refractivity contribution in [2.45, 2.75) is 20.3 Å². The van der Waals surface area contributed by atoms with Gasteiger partial charge in [-0.3, -0.25) is 9.69 Å². The first kappa shape index (κ1) is 14.9. The highest BCUT2D eigenvalue weighted by atomic mass is 16.5. The second-order valence-electron chi connectivity index (χ2n) is 5.32. The number of ether oxygens (including phenoxy) is 1. The second-order valence-corrected chi connectivity index (χ2v) is 5.32. The molecule has 0 aliphatic carbocycles. The van der Waals surface area contributed by atoms with E-state index in [4.69, 9.17) is 4.74 Å². The van der Waals surface area contributed by atoms with E-state index in [9.17, 15) is 4.79 Å². The third-order valence-electron chi connectivity index (χ3n) is 3.85. The van der Waals surface area contributed by atoms with Crippen molar-refractivity contribution in [1.29, 1.82) is 0 Å². The summed E-state index contributed by atoms with van der Waals surface area (Å²) in [5, 5.41) is 0. The Morgan fingerprint density at radius 1 is 1.25 bits per heavy atom. The number of aryl methyl sites for hydroxylation is 1. The third-order valence-corrected chi connectivity index (χ3v) is 3.85. The van der Waals surface area contributed by atoms with Crippen LogP contribution < -0.4 is 4.74 Å². The van der Waals surface area contributed by atoms with Crippen LogP contribution in [0.3, 0.4) is 0 Å². The number of hydrogen-bond acceptors (Lipinski definition) is 3. The van der Waals surface area contributed by atoms with E-state index in [1.807, 2.05) is 30.0 Å². The summed E-state index contributed by atoms with van der Waals surface area (Å²) in [6.45, 7) is 8.88. The SMILES string of the molecule is CCCN1CCN(C(=O)c2ccc(C)c(OC)c2)CC1. The summed E-state index contributed by atoms with van der Waals surface area (Å²) in [6, 6.07) is 5.67. The van der Waals surface area contributed by atoms with Crippen LogP contribution in [-0.4, -0.2) is 55.5 Å². The zero-order valence-corrected chi connectivity index (χ0v) is 12.7. The minimum Gasteiger partial charge on any atom is -0.496 e. The minimum atomic E-state index is 0.111. The molecule has 1 aliphatic rings. The largest absolute Gasteiger partial charge is 0.496 e. The molecule has 1 fully saturated rings. The summed E-state index contributed by atoms with van der Waals surface area (Å²) >= 11 is 0. The number of rotatable bonds is 4. The van der Waals surface area contributed by atoms with Gasteiger partial charge in [0.25, 0.3) is 5.91 Å². The van der Waals surface area contributed by atoms with Crippen molar-refractivity contribution in [2.75, 3.05) is 39.8 Å². The Morgan fingerprint density at radius 3 is 2.55 bits per heavy atom. The van der Waals surface area contributed by atoms with Gasteiger partial charge in [0.2, 0.25) is 0 Å². The van der Waals surface area contributed by atoms with Crippen LogP contribution in [0, 0.1) is 6.92 Å². The van der Waals surface area contributed by atoms with Crippen LogP contribution >= 0.6 is 0 Å². The molecule has 4 nitrogen and oxygen atoms in total. The van der Waals surface area contributed by atoms with Gasteiger partial charge in [0.05, 0.1) is 7.11 Å². The van der Waals surface area contributed by atoms with E-state index >= 15 is 0 Å². The highest BCUT2D eigenvalue weighted by Crippen LogP contribution is 2.20. The van der Waals surface area contributed by atoms with E-state index in [0.717, 1.165) is 49.6 Å². The smallest absolute Gasteiger partial charge is 0.254 e. The first-order valence-corrected chi connectivity index (χ1v) is 7.32. The number of methoxy groups -OCH3 is 1. The van der Waals surface area contributed by atoms with Gasteiger partial charge in [0.15, 0.2) is 0 Å². The Labute approximate surface area is 121 Å². The number of benzene rings is 1. The first-order chi connectivity index (χ1) is 9.65. The van der Waals surface area contributed by atoms with Crippen molar-refractivity contribution in [1.82, 2.24) is 9.80 Å². The molecule has 1 aromatic rings. The van der Waals surface area contributed by atoms with Gasteiger partial charge >= 0.3 is 0 Å². The molecular formula is C16H24N2O2. The van der Waals surface area contributed by atoms with Gasteiger partial charge in [-0.25, -0.2) is 0 Å². The molecule has 0 N–H and O–H groups in total. The number of carbonyl (C=O) groups is 1. The number of amides is 1. The van der Waals surface area contributed by atoms with E-state index in [-0.39, 0.29) is 5.91 Å². The molecule has 0 unspecified atom stereocenters. The van der Waals surface area contributed by atoms with Crippen molar-refractivity contribution < 1.29 is 9.53 Å². The molecule has 110 valence electrons. The number of hydrogen-bond donors (Lipinski definition) is 0. The Morgan fingerprint density at radius 2 is 1.95 bits per heavy atom. The van der Waals surface area contributed by atoms with Gasteiger partial charge in [-0.15, -0.1) is 0 Å². The monoisotopic (exact) mass is 276 g/mol. The van der Waals surface area contributed by atoms with E-state index in [1.54, 1.807) is 7.11 Å². The van der Waals surface area contributed by atoms with Crippen LogP contribution in [0.1, 0.15) is 29.3 Å². The summed E-state index contributed by atoms with van der Waals surface area (Å²) in [4.78, 5) is 16.9. The van der Waals surface area contributed by atoms with Gasteiger partial charge in [0, 0.05) is 31.7 Å². The van der Waals surface area contributed by atoms with Crippen molar-refractivity contribution >= 4 is 5.91 Å². The lowest BCUT2D eigenvalue weighted by Crippen LogP contribution is -2.48. The maximum absolute atomic E-state index is 12.5. The second kappa shape index (κ2) is 6.75. The molecule has 1 amide bonds. The van der Waals surface area contributed by atoms with E-state index in [2.05, 4.69) is 11.8 Å². The van der Waals surface area contributed by atoms with Crippen LogP contribution in [0.25, 0.3) is 0 Å². The zero-order valence-electron chi connectivity index (χ0n) is 12.7. The van der Waals surface area contributed by atoms with Crippen LogP contribution in [0.5, 0.6) is 5.75 Å². The molecule has 0 bridgehead atoms. The zero-order chi connectivity index (χ0) is 14.5. The van der Waals surface area contributed by atoms with Crippen molar-refractivity contribution in [2.24, 2.45) is 0 Å². The lowest BCUT2D eigenvalue weighted by Gasteiger charge is -2.34. The lowest BCUT2D eigenvalue weighted by molar-refractivity contribution is 0.0637. The third kappa shape index (κ3) is 3.31. The highest BCUT2D eigenvalue weighted by Gasteiger charge is 2.22. The van der Waals surface area contributed by atoms with Crippen LogP contribution in [0.15, 0.2) is 18.2 Å². The Balaban J connectivity index is 2.02. The highest BCUT2D eigenvalue weighted by molar-refractivity contribution is 5.94. The molecule has 1 heterocycles. The van der Waals surface area contributed by atoms with Gasteiger partial charge in [-0.1, -0.05) is 13.0 Å². The number of carbonyl (C=O) groups excluding carboxylic acids is 1. The summed E-state index contributed by atoms with van der Waals surface area (Å²) in [5.74, 6) is 0.889. The molecule has 0 radical (unpaired) electrons. The van der Waals surface area contributed by atoms with Crippen LogP contribution in [0.2, 0.25) is 0 Å². The first-order valence-electron chi connectivity index (χ1n) is 7.32. The minimum absolute atomic E-state index is 0.111. The fourth-order valence-corrected chi connectivity index (χ4v) is 2.63. The van der Waals surface area contributed by atoms with Gasteiger partial charge < -0.3 is 9.64 Å². The predicted molar refractivity (Wildman–Crippen MR) is 80.4 cm³/mol. The molecule has 1 aliphatic heterocycles. The van der Waals surface area contributed by atoms with Gasteiger partial charge in [0.1, 0.15) is 5.75 Å². The summed E-state index contributed by atoms with van der Waals surface area (Å²) < 4.78 is 5.29. The maximum atomic E-state index is 12.5. The molecule has 20 heavy (non-hydrogen) atoms. The molecule has 1 aromatic carbocycles. The van der Waals surface area contributed by atoms with E-state index < -0.39 is 0 Å². The van der Waals surface area contributed by atoms with Crippen molar-refractivity contribution in [3.8, 4) is 5.75 Å². The Hall–Kier alpha value is -1.55. The molecule has 0 atom stereocenters. The Bertz CT molecular complexity index is 466. The predicted octanol–water partition coefficient (Wildman–Crippen LogP) is 2.17. The molecule has 0 saturated carbocycles. The standard InChI is InChI=1S/C16H24N2O2/c1-4-7-17-8-10-18(11-9-17)16(19)14-6-5-13(2)15(12-14)20-3/h5-6,12H,4,7-11H2,1-3H3. The number of nitrogens with zero attached hydrogens (tertiary/aromatic N) is 2. The normalized spacial score (nSPS) is 16.2. The molecule has 1 saturated heterocycles.